The number of hydrogen-bond acceptors (Lipinski definition) is 5. The van der Waals surface area contributed by atoms with E-state index in [0.717, 1.165) is 44.9 Å². The predicted molar refractivity (Wildman–Crippen MR) is 113 cm³/mol. The third-order valence-corrected chi connectivity index (χ3v) is 10.3. The fourth-order valence-corrected chi connectivity index (χ4v) is 8.51. The zero-order valence-corrected chi connectivity index (χ0v) is 19.1. The number of esters is 1. The highest BCUT2D eigenvalue weighted by molar-refractivity contribution is 5.87. The third kappa shape index (κ3) is 3.26. The van der Waals surface area contributed by atoms with Crippen LogP contribution in [0.5, 0.6) is 0 Å². The van der Waals surface area contributed by atoms with Gasteiger partial charge in [0.25, 0.3) is 0 Å². The normalized spacial score (nSPS) is 49.0. The van der Waals surface area contributed by atoms with Crippen LogP contribution in [-0.2, 0) is 14.3 Å². The second kappa shape index (κ2) is 7.88. The molecule has 2 N–H and O–H groups in total. The molecule has 0 bridgehead atoms. The van der Waals surface area contributed by atoms with E-state index in [0.29, 0.717) is 24.5 Å². The number of carbonyl (C=O) groups excluding carboxylic acids is 2. The van der Waals surface area contributed by atoms with E-state index in [2.05, 4.69) is 20.8 Å². The summed E-state index contributed by atoms with van der Waals surface area (Å²) in [5.41, 5.74) is -0.343. The molecular formula is C25H40O5. The lowest BCUT2D eigenvalue weighted by Gasteiger charge is -2.61. The van der Waals surface area contributed by atoms with Gasteiger partial charge in [-0.15, -0.1) is 0 Å². The SMILES string of the molecule is COC(=O)CC[C@@H](C)[C@H]1CC[C@H]2[C@@H]3[C@@H](O)C[C@@H]4C[C@H](O)CC[C@]4(C)[C@H]3CC(=O)[C@]12C. The standard InChI is InChI=1S/C25H40O5/c1-14(5-8-22(29)30-4)17-6-7-18-23-19(13-21(28)25(17,18)3)24(2)10-9-16(26)11-15(24)12-20(23)27/h14-20,23,26-27H,5-13H2,1-4H3/t14-,15+,16-,17-,18+,19+,20+,23+,24+,25-/m1/s1. The highest BCUT2D eigenvalue weighted by Gasteiger charge is 2.65. The Morgan fingerprint density at radius 1 is 1.17 bits per heavy atom. The maximum absolute atomic E-state index is 13.7. The second-order valence-corrected chi connectivity index (χ2v) is 11.4. The van der Waals surface area contributed by atoms with Crippen molar-refractivity contribution >= 4 is 11.8 Å². The van der Waals surface area contributed by atoms with Crippen LogP contribution in [0.4, 0.5) is 0 Å². The second-order valence-electron chi connectivity index (χ2n) is 11.4. The van der Waals surface area contributed by atoms with E-state index in [1.807, 2.05) is 0 Å². The molecule has 4 aliphatic rings. The molecule has 4 fully saturated rings. The molecule has 5 heteroatoms. The molecule has 4 saturated carbocycles. The van der Waals surface area contributed by atoms with Crippen LogP contribution in [0, 0.1) is 46.3 Å². The first kappa shape index (κ1) is 22.3. The Morgan fingerprint density at radius 2 is 1.90 bits per heavy atom. The van der Waals surface area contributed by atoms with E-state index in [1.54, 1.807) is 0 Å². The fourth-order valence-electron chi connectivity index (χ4n) is 8.51. The number of hydrogen-bond donors (Lipinski definition) is 2. The molecule has 30 heavy (non-hydrogen) atoms. The molecule has 0 radical (unpaired) electrons. The largest absolute Gasteiger partial charge is 0.469 e. The van der Waals surface area contributed by atoms with Gasteiger partial charge in [0, 0.05) is 18.3 Å². The Kier molecular flexibility index (Phi) is 5.85. The maximum Gasteiger partial charge on any atom is 0.305 e. The number of methoxy groups -OCH3 is 1. The van der Waals surface area contributed by atoms with E-state index in [-0.39, 0.29) is 53.2 Å². The van der Waals surface area contributed by atoms with Crippen LogP contribution < -0.4 is 0 Å². The smallest absolute Gasteiger partial charge is 0.305 e. The quantitative estimate of drug-likeness (QED) is 0.677. The molecule has 5 nitrogen and oxygen atoms in total. The summed E-state index contributed by atoms with van der Waals surface area (Å²) in [6, 6.07) is 0. The predicted octanol–water partition coefficient (Wildman–Crippen LogP) is 3.75. The Morgan fingerprint density at radius 3 is 2.60 bits per heavy atom. The lowest BCUT2D eigenvalue weighted by molar-refractivity contribution is -0.181. The summed E-state index contributed by atoms with van der Waals surface area (Å²) in [7, 11) is 1.42. The first-order valence-electron chi connectivity index (χ1n) is 12.1. The average Bonchev–Trinajstić information content (AvgIpc) is 3.06. The Bertz CT molecular complexity index is 691. The third-order valence-electron chi connectivity index (χ3n) is 10.3. The summed E-state index contributed by atoms with van der Waals surface area (Å²) in [5.74, 6) is 1.70. The summed E-state index contributed by atoms with van der Waals surface area (Å²) in [6.45, 7) is 6.67. The fraction of sp³-hybridized carbons (Fsp3) is 0.920. The molecule has 10 atom stereocenters. The van der Waals surface area contributed by atoms with Crippen LogP contribution >= 0.6 is 0 Å². The minimum absolute atomic E-state index is 0.0503. The minimum atomic E-state index is -0.394. The molecule has 170 valence electrons. The summed E-state index contributed by atoms with van der Waals surface area (Å²) in [6.07, 6.45) is 6.39. The molecule has 4 rings (SSSR count). The molecule has 0 aromatic rings. The highest BCUT2D eigenvalue weighted by Crippen LogP contribution is 2.67. The molecule has 4 aliphatic carbocycles. The Hall–Kier alpha value is -0.940. The minimum Gasteiger partial charge on any atom is -0.469 e. The van der Waals surface area contributed by atoms with Crippen molar-refractivity contribution in [3.05, 3.63) is 0 Å². The molecule has 0 aliphatic heterocycles. The molecule has 0 heterocycles. The average molecular weight is 421 g/mol. The number of fused-ring (bicyclic) bond motifs is 5. The molecule has 0 spiro atoms. The first-order valence-corrected chi connectivity index (χ1v) is 12.1. The zero-order valence-electron chi connectivity index (χ0n) is 19.1. The van der Waals surface area contributed by atoms with Crippen LogP contribution in [0.15, 0.2) is 0 Å². The van der Waals surface area contributed by atoms with Crippen molar-refractivity contribution in [3.63, 3.8) is 0 Å². The Balaban J connectivity index is 1.59. The van der Waals surface area contributed by atoms with Crippen molar-refractivity contribution < 1.29 is 24.5 Å². The molecule has 0 unspecified atom stereocenters. The van der Waals surface area contributed by atoms with E-state index in [9.17, 15) is 19.8 Å². The molecule has 0 amide bonds. The van der Waals surface area contributed by atoms with Crippen LogP contribution in [0.2, 0.25) is 0 Å². The van der Waals surface area contributed by atoms with E-state index < -0.39 is 5.41 Å². The number of ketones is 1. The maximum atomic E-state index is 13.7. The molecular weight excluding hydrogens is 380 g/mol. The van der Waals surface area contributed by atoms with Gasteiger partial charge in [-0.2, -0.15) is 0 Å². The van der Waals surface area contributed by atoms with Crippen molar-refractivity contribution in [2.75, 3.05) is 7.11 Å². The number of aliphatic hydroxyl groups excluding tert-OH is 2. The number of carbonyl (C=O) groups is 2. The topological polar surface area (TPSA) is 83.8 Å². The van der Waals surface area contributed by atoms with Crippen LogP contribution in [0.3, 0.4) is 0 Å². The van der Waals surface area contributed by atoms with Gasteiger partial charge in [0.05, 0.1) is 19.3 Å². The van der Waals surface area contributed by atoms with Gasteiger partial charge in [-0.1, -0.05) is 20.8 Å². The Labute approximate surface area is 180 Å². The summed E-state index contributed by atoms with van der Waals surface area (Å²) >= 11 is 0. The van der Waals surface area contributed by atoms with Crippen LogP contribution in [0.25, 0.3) is 0 Å². The van der Waals surface area contributed by atoms with Crippen molar-refractivity contribution in [2.45, 2.75) is 90.8 Å². The number of ether oxygens (including phenoxy) is 1. The molecule has 0 aromatic carbocycles. The number of aliphatic hydroxyl groups is 2. The number of Topliss-reactive ketones (excluding diaryl/α,β-unsaturated/α-hetero) is 1. The summed E-state index contributed by atoms with van der Waals surface area (Å²) in [4.78, 5) is 25.4. The van der Waals surface area contributed by atoms with Gasteiger partial charge in [0.15, 0.2) is 0 Å². The van der Waals surface area contributed by atoms with Crippen molar-refractivity contribution in [2.24, 2.45) is 46.3 Å². The van der Waals surface area contributed by atoms with Gasteiger partial charge >= 0.3 is 5.97 Å². The molecule has 0 saturated heterocycles. The summed E-state index contributed by atoms with van der Waals surface area (Å²) < 4.78 is 4.81. The van der Waals surface area contributed by atoms with Crippen LogP contribution in [0.1, 0.15) is 78.6 Å². The van der Waals surface area contributed by atoms with Gasteiger partial charge in [-0.3, -0.25) is 9.59 Å². The van der Waals surface area contributed by atoms with Crippen molar-refractivity contribution in [3.8, 4) is 0 Å². The lowest BCUT2D eigenvalue weighted by atomic mass is 9.43. The van der Waals surface area contributed by atoms with Crippen LogP contribution in [-0.4, -0.2) is 41.3 Å². The number of rotatable bonds is 4. The van der Waals surface area contributed by atoms with E-state index in [4.69, 9.17) is 4.74 Å². The van der Waals surface area contributed by atoms with Crippen molar-refractivity contribution in [1.82, 2.24) is 0 Å². The van der Waals surface area contributed by atoms with Gasteiger partial charge in [0.1, 0.15) is 5.78 Å². The monoisotopic (exact) mass is 420 g/mol. The summed E-state index contributed by atoms with van der Waals surface area (Å²) in [5, 5.41) is 21.5. The van der Waals surface area contributed by atoms with E-state index in [1.165, 1.54) is 7.11 Å². The van der Waals surface area contributed by atoms with Gasteiger partial charge in [-0.05, 0) is 85.9 Å². The van der Waals surface area contributed by atoms with Gasteiger partial charge in [0.2, 0.25) is 0 Å². The van der Waals surface area contributed by atoms with Crippen molar-refractivity contribution in [1.29, 1.82) is 0 Å². The van der Waals surface area contributed by atoms with Gasteiger partial charge < -0.3 is 14.9 Å². The lowest BCUT2D eigenvalue weighted by Crippen LogP contribution is -2.61. The molecule has 0 aromatic heterocycles. The van der Waals surface area contributed by atoms with Gasteiger partial charge in [-0.25, -0.2) is 0 Å². The first-order chi connectivity index (χ1) is 14.1. The zero-order chi connectivity index (χ0) is 21.8. The van der Waals surface area contributed by atoms with E-state index >= 15 is 0 Å². The highest BCUT2D eigenvalue weighted by atomic mass is 16.5.